The second-order valence-corrected chi connectivity index (χ2v) is 10.5. The van der Waals surface area contributed by atoms with E-state index in [4.69, 9.17) is 29.4 Å². The fourth-order valence-electron chi connectivity index (χ4n) is 4.56. The van der Waals surface area contributed by atoms with E-state index >= 15 is 0 Å². The van der Waals surface area contributed by atoms with Crippen LogP contribution in [0.15, 0.2) is 57.5 Å². The van der Waals surface area contributed by atoms with Gasteiger partial charge in [0.1, 0.15) is 0 Å². The van der Waals surface area contributed by atoms with E-state index in [0.29, 0.717) is 43.4 Å². The van der Waals surface area contributed by atoms with Gasteiger partial charge in [-0.3, -0.25) is 14.2 Å². The maximum Gasteiger partial charge on any atom is 0.338 e. The zero-order chi connectivity index (χ0) is 30.6. The number of hydrogen-bond acceptors (Lipinski definition) is 10. The first kappa shape index (κ1) is 30.4. The van der Waals surface area contributed by atoms with Gasteiger partial charge in [0.05, 0.1) is 48.8 Å². The Morgan fingerprint density at radius 2 is 1.86 bits per heavy atom. The number of ether oxygens (including phenoxy) is 5. The number of primary amides is 1. The maximum atomic E-state index is 14.0. The van der Waals surface area contributed by atoms with Gasteiger partial charge in [0.15, 0.2) is 34.4 Å². The lowest BCUT2D eigenvalue weighted by Crippen LogP contribution is -2.40. The first-order valence-electron chi connectivity index (χ1n) is 13.2. The monoisotopic (exact) mass is 595 g/mol. The molecule has 1 atom stereocenters. The molecule has 2 N–H and O–H groups in total. The van der Waals surface area contributed by atoms with Crippen molar-refractivity contribution in [3.05, 3.63) is 78.5 Å². The number of fused-ring (bicyclic) bond motifs is 1. The van der Waals surface area contributed by atoms with Crippen molar-refractivity contribution in [2.45, 2.75) is 39.8 Å². The molecular formula is C30H33N3O8S. The Hall–Kier alpha value is -4.58. The van der Waals surface area contributed by atoms with Gasteiger partial charge in [-0.1, -0.05) is 29.5 Å². The smallest absolute Gasteiger partial charge is 0.338 e. The van der Waals surface area contributed by atoms with E-state index in [2.05, 4.69) is 4.99 Å². The lowest BCUT2D eigenvalue weighted by Gasteiger charge is -2.25. The van der Waals surface area contributed by atoms with Crippen LogP contribution >= 0.6 is 11.3 Å². The zero-order valence-corrected chi connectivity index (χ0v) is 25.1. The van der Waals surface area contributed by atoms with Gasteiger partial charge < -0.3 is 29.4 Å². The number of carbonyl (C=O) groups excluding carboxylic acids is 2. The Morgan fingerprint density at radius 1 is 1.12 bits per heavy atom. The molecule has 3 aromatic rings. The summed E-state index contributed by atoms with van der Waals surface area (Å²) < 4.78 is 29.7. The second-order valence-electron chi connectivity index (χ2n) is 9.51. The van der Waals surface area contributed by atoms with Gasteiger partial charge in [-0.15, -0.1) is 0 Å². The van der Waals surface area contributed by atoms with Crippen molar-refractivity contribution in [2.75, 3.05) is 27.4 Å². The molecule has 0 saturated carbocycles. The number of hydrogen-bond donors (Lipinski definition) is 1. The highest BCUT2D eigenvalue weighted by Crippen LogP contribution is 2.37. The van der Waals surface area contributed by atoms with Crippen LogP contribution < -0.4 is 39.6 Å². The summed E-state index contributed by atoms with van der Waals surface area (Å²) in [6.07, 6.45) is 1.54. The number of rotatable bonds is 11. The number of aromatic nitrogens is 1. The highest BCUT2D eigenvalue weighted by atomic mass is 32.1. The lowest BCUT2D eigenvalue weighted by molar-refractivity contribution is -0.139. The minimum absolute atomic E-state index is 0.0897. The Labute approximate surface area is 246 Å². The minimum Gasteiger partial charge on any atom is -0.493 e. The molecule has 0 fully saturated rings. The molecule has 4 rings (SSSR count). The number of esters is 1. The first-order valence-corrected chi connectivity index (χ1v) is 14.0. The number of nitrogens with zero attached hydrogens (tertiary/aromatic N) is 2. The Balaban J connectivity index is 1.94. The van der Waals surface area contributed by atoms with Crippen LogP contribution in [-0.2, 0) is 14.3 Å². The molecule has 1 aromatic heterocycles. The number of allylic oxidation sites excluding steroid dienone is 1. The summed E-state index contributed by atoms with van der Waals surface area (Å²) in [7, 11) is 2.99. The van der Waals surface area contributed by atoms with Crippen molar-refractivity contribution in [3.8, 4) is 23.0 Å². The van der Waals surface area contributed by atoms with Crippen LogP contribution in [0.1, 0.15) is 44.9 Å². The summed E-state index contributed by atoms with van der Waals surface area (Å²) in [5.74, 6) is 0.377. The van der Waals surface area contributed by atoms with Gasteiger partial charge in [-0.05, 0) is 57.5 Å². The van der Waals surface area contributed by atoms with E-state index in [0.717, 1.165) is 11.3 Å². The molecule has 0 bridgehead atoms. The molecule has 0 aliphatic carbocycles. The zero-order valence-electron chi connectivity index (χ0n) is 24.3. The van der Waals surface area contributed by atoms with Gasteiger partial charge in [0, 0.05) is 5.56 Å². The molecule has 11 nitrogen and oxygen atoms in total. The van der Waals surface area contributed by atoms with Crippen molar-refractivity contribution in [1.82, 2.24) is 4.57 Å². The van der Waals surface area contributed by atoms with Crippen LogP contribution in [0.25, 0.3) is 6.08 Å². The summed E-state index contributed by atoms with van der Waals surface area (Å²) in [4.78, 5) is 43.7. The number of carbonyl (C=O) groups is 2. The van der Waals surface area contributed by atoms with Gasteiger partial charge in [-0.2, -0.15) is 0 Å². The van der Waals surface area contributed by atoms with Crippen molar-refractivity contribution in [2.24, 2.45) is 10.7 Å². The first-order chi connectivity index (χ1) is 20.1. The third kappa shape index (κ3) is 6.18. The van der Waals surface area contributed by atoms with Crippen LogP contribution in [0.3, 0.4) is 0 Å². The molecule has 1 unspecified atom stereocenters. The minimum atomic E-state index is -0.847. The molecule has 2 aromatic carbocycles. The predicted molar refractivity (Wildman–Crippen MR) is 157 cm³/mol. The highest BCUT2D eigenvalue weighted by molar-refractivity contribution is 7.07. The number of benzene rings is 2. The number of amides is 1. The SMILES string of the molecule is CCOC(=O)C1=C(C)N=c2sc(=Cc3cccc(OC)c3OCC(N)=O)c(=O)n2C1c1ccc(OC(C)C)c(OC)c1. The fraction of sp³-hybridized carbons (Fsp3) is 0.333. The van der Waals surface area contributed by atoms with Crippen molar-refractivity contribution in [1.29, 1.82) is 0 Å². The molecule has 0 saturated heterocycles. The topological polar surface area (TPSA) is 141 Å². The molecule has 12 heteroatoms. The van der Waals surface area contributed by atoms with Gasteiger partial charge in [0.2, 0.25) is 0 Å². The number of thiazole rings is 1. The molecule has 0 spiro atoms. The van der Waals surface area contributed by atoms with Crippen LogP contribution in [-0.4, -0.2) is 50.0 Å². The summed E-state index contributed by atoms with van der Waals surface area (Å²) in [6, 6.07) is 9.57. The Bertz CT molecular complexity index is 1720. The standard InChI is InChI=1S/C30H33N3O8S/c1-7-39-29(36)25-17(4)32-30-33(26(25)18-11-12-20(41-16(2)3)22(13-18)38-6)28(35)23(42-30)14-19-9-8-10-21(37-5)27(19)40-15-24(31)34/h8-14,16,26H,7,15H2,1-6H3,(H2,31,34). The van der Waals surface area contributed by atoms with Crippen LogP contribution in [0.5, 0.6) is 23.0 Å². The van der Waals surface area contributed by atoms with Crippen LogP contribution in [0.2, 0.25) is 0 Å². The van der Waals surface area contributed by atoms with E-state index in [1.807, 2.05) is 13.8 Å². The normalized spacial score (nSPS) is 14.7. The fourth-order valence-corrected chi connectivity index (χ4v) is 5.60. The largest absolute Gasteiger partial charge is 0.493 e. The molecule has 0 radical (unpaired) electrons. The summed E-state index contributed by atoms with van der Waals surface area (Å²) in [6.45, 7) is 7.02. The average molecular weight is 596 g/mol. The number of methoxy groups -OCH3 is 2. The van der Waals surface area contributed by atoms with Crippen molar-refractivity contribution < 1.29 is 33.3 Å². The Kier molecular flexibility index (Phi) is 9.36. The van der Waals surface area contributed by atoms with Gasteiger partial charge in [0.25, 0.3) is 11.5 Å². The van der Waals surface area contributed by atoms with E-state index in [9.17, 15) is 14.4 Å². The molecular weight excluding hydrogens is 562 g/mol. The van der Waals surface area contributed by atoms with E-state index in [1.165, 1.54) is 18.8 Å². The van der Waals surface area contributed by atoms with E-state index in [1.54, 1.807) is 56.3 Å². The average Bonchev–Trinajstić information content (AvgIpc) is 3.25. The molecule has 2 heterocycles. The second kappa shape index (κ2) is 12.9. The molecule has 42 heavy (non-hydrogen) atoms. The van der Waals surface area contributed by atoms with Gasteiger partial charge >= 0.3 is 5.97 Å². The highest BCUT2D eigenvalue weighted by Gasteiger charge is 2.34. The third-order valence-corrected chi connectivity index (χ3v) is 7.24. The van der Waals surface area contributed by atoms with Crippen molar-refractivity contribution in [3.63, 3.8) is 0 Å². The lowest BCUT2D eigenvalue weighted by atomic mass is 9.95. The summed E-state index contributed by atoms with van der Waals surface area (Å²) in [5, 5.41) is 0. The van der Waals surface area contributed by atoms with E-state index in [-0.39, 0.29) is 36.2 Å². The number of para-hydroxylation sites is 1. The van der Waals surface area contributed by atoms with Crippen molar-refractivity contribution >= 4 is 29.3 Å². The van der Waals surface area contributed by atoms with Crippen LogP contribution in [0, 0.1) is 0 Å². The number of nitrogens with two attached hydrogens (primary N) is 1. The third-order valence-electron chi connectivity index (χ3n) is 6.26. The van der Waals surface area contributed by atoms with E-state index < -0.39 is 17.9 Å². The summed E-state index contributed by atoms with van der Waals surface area (Å²) in [5.41, 5.74) is 6.67. The molecule has 222 valence electrons. The molecule has 1 aliphatic rings. The molecule has 1 aliphatic heterocycles. The summed E-state index contributed by atoms with van der Waals surface area (Å²) >= 11 is 1.15. The van der Waals surface area contributed by atoms with Gasteiger partial charge in [-0.25, -0.2) is 9.79 Å². The van der Waals surface area contributed by atoms with Crippen LogP contribution in [0.4, 0.5) is 0 Å². The maximum absolute atomic E-state index is 14.0. The quantitative estimate of drug-likeness (QED) is 0.334. The Morgan fingerprint density at radius 3 is 2.50 bits per heavy atom. The predicted octanol–water partition coefficient (Wildman–Crippen LogP) is 2.47. The molecule has 1 amide bonds.